The molecule has 0 unspecified atom stereocenters. The first-order valence-electron chi connectivity index (χ1n) is 6.50. The van der Waals surface area contributed by atoms with Crippen LogP contribution in [0.2, 0.25) is 0 Å². The Labute approximate surface area is 125 Å². The van der Waals surface area contributed by atoms with Crippen LogP contribution in [-0.2, 0) is 6.54 Å². The first-order valence-corrected chi connectivity index (χ1v) is 6.50. The van der Waals surface area contributed by atoms with E-state index >= 15 is 0 Å². The van der Waals surface area contributed by atoms with Gasteiger partial charge in [-0.2, -0.15) is 0 Å². The summed E-state index contributed by atoms with van der Waals surface area (Å²) in [6.07, 6.45) is 1.61. The highest BCUT2D eigenvalue weighted by molar-refractivity contribution is 5.94. The van der Waals surface area contributed by atoms with Gasteiger partial charge in [0.1, 0.15) is 11.5 Å². The van der Waals surface area contributed by atoms with Crippen LogP contribution >= 0.6 is 0 Å². The van der Waals surface area contributed by atoms with E-state index in [2.05, 4.69) is 20.5 Å². The predicted molar refractivity (Wildman–Crippen MR) is 75.1 cm³/mol. The van der Waals surface area contributed by atoms with Crippen LogP contribution < -0.4 is 5.32 Å². The fourth-order valence-corrected chi connectivity index (χ4v) is 1.81. The normalized spacial score (nSPS) is 10.4. The van der Waals surface area contributed by atoms with E-state index in [1.807, 2.05) is 0 Å². The van der Waals surface area contributed by atoms with Gasteiger partial charge in [0, 0.05) is 6.20 Å². The zero-order valence-electron chi connectivity index (χ0n) is 11.4. The van der Waals surface area contributed by atoms with Crippen LogP contribution in [0.1, 0.15) is 16.2 Å². The standard InChI is InChI=1S/C15H11FN4O2/c16-11-6-2-1-5-10(11)14(21)18-9-13-19-20-15(22-13)12-7-3-4-8-17-12/h1-8H,9H2,(H,18,21). The van der Waals surface area contributed by atoms with Crippen molar-refractivity contribution in [2.75, 3.05) is 0 Å². The molecule has 1 aromatic carbocycles. The lowest BCUT2D eigenvalue weighted by Gasteiger charge is -2.03. The molecule has 3 rings (SSSR count). The van der Waals surface area contributed by atoms with Crippen LogP contribution in [0.3, 0.4) is 0 Å². The molecule has 0 radical (unpaired) electrons. The summed E-state index contributed by atoms with van der Waals surface area (Å²) in [6.45, 7) is 0.00695. The minimum Gasteiger partial charge on any atom is -0.417 e. The van der Waals surface area contributed by atoms with Crippen LogP contribution in [0.5, 0.6) is 0 Å². The molecule has 0 aliphatic heterocycles. The maximum atomic E-state index is 13.5. The van der Waals surface area contributed by atoms with Gasteiger partial charge in [0.25, 0.3) is 11.8 Å². The number of nitrogens with zero attached hydrogens (tertiary/aromatic N) is 3. The van der Waals surface area contributed by atoms with Gasteiger partial charge in [0.05, 0.1) is 12.1 Å². The first kappa shape index (κ1) is 13.9. The largest absolute Gasteiger partial charge is 0.417 e. The van der Waals surface area contributed by atoms with Gasteiger partial charge in [0.2, 0.25) is 5.89 Å². The molecule has 2 heterocycles. The number of carbonyl (C=O) groups excluding carboxylic acids is 1. The molecule has 7 heteroatoms. The zero-order valence-corrected chi connectivity index (χ0v) is 11.4. The number of halogens is 1. The lowest BCUT2D eigenvalue weighted by molar-refractivity contribution is 0.0943. The lowest BCUT2D eigenvalue weighted by Crippen LogP contribution is -2.23. The zero-order chi connectivity index (χ0) is 15.4. The van der Waals surface area contributed by atoms with E-state index in [1.54, 1.807) is 30.5 Å². The summed E-state index contributed by atoms with van der Waals surface area (Å²) in [5.41, 5.74) is 0.508. The Morgan fingerprint density at radius 2 is 1.95 bits per heavy atom. The molecule has 1 amide bonds. The molecule has 0 fully saturated rings. The van der Waals surface area contributed by atoms with Gasteiger partial charge >= 0.3 is 0 Å². The highest BCUT2D eigenvalue weighted by Crippen LogP contribution is 2.14. The van der Waals surface area contributed by atoms with Gasteiger partial charge in [-0.15, -0.1) is 10.2 Å². The fraction of sp³-hybridized carbons (Fsp3) is 0.0667. The maximum Gasteiger partial charge on any atom is 0.266 e. The van der Waals surface area contributed by atoms with E-state index in [-0.39, 0.29) is 23.9 Å². The third kappa shape index (κ3) is 2.98. The minimum absolute atomic E-state index is 0.00695. The molecule has 0 aliphatic carbocycles. The molecule has 2 aromatic heterocycles. The second-order valence-corrected chi connectivity index (χ2v) is 4.38. The Kier molecular flexibility index (Phi) is 3.86. The number of benzene rings is 1. The van der Waals surface area contributed by atoms with E-state index in [1.165, 1.54) is 18.2 Å². The summed E-state index contributed by atoms with van der Waals surface area (Å²) < 4.78 is 18.9. The monoisotopic (exact) mass is 298 g/mol. The second kappa shape index (κ2) is 6.13. The molecule has 0 saturated carbocycles. The van der Waals surface area contributed by atoms with Gasteiger partial charge in [-0.05, 0) is 24.3 Å². The summed E-state index contributed by atoms with van der Waals surface area (Å²) in [5.74, 6) is -0.656. The molecular formula is C15H11FN4O2. The van der Waals surface area contributed by atoms with Crippen molar-refractivity contribution in [2.45, 2.75) is 6.54 Å². The Morgan fingerprint density at radius 3 is 2.73 bits per heavy atom. The predicted octanol–water partition coefficient (Wildman–Crippen LogP) is 2.20. The van der Waals surface area contributed by atoms with Gasteiger partial charge < -0.3 is 9.73 Å². The van der Waals surface area contributed by atoms with Crippen LogP contribution in [-0.4, -0.2) is 21.1 Å². The molecule has 0 saturated heterocycles. The Bertz CT molecular complexity index is 789. The highest BCUT2D eigenvalue weighted by Gasteiger charge is 2.13. The number of aromatic nitrogens is 3. The van der Waals surface area contributed by atoms with Gasteiger partial charge in [-0.1, -0.05) is 18.2 Å². The van der Waals surface area contributed by atoms with Crippen molar-refractivity contribution in [3.8, 4) is 11.6 Å². The first-order chi connectivity index (χ1) is 10.7. The van der Waals surface area contributed by atoms with Crippen molar-refractivity contribution >= 4 is 5.91 Å². The maximum absolute atomic E-state index is 13.5. The Balaban J connectivity index is 1.67. The molecule has 0 atom stereocenters. The summed E-state index contributed by atoms with van der Waals surface area (Å²) >= 11 is 0. The molecule has 0 aliphatic rings. The number of nitrogens with one attached hydrogen (secondary N) is 1. The number of amides is 1. The van der Waals surface area contributed by atoms with Gasteiger partial charge in [0.15, 0.2) is 0 Å². The molecule has 3 aromatic rings. The van der Waals surface area contributed by atoms with Crippen molar-refractivity contribution in [1.29, 1.82) is 0 Å². The topological polar surface area (TPSA) is 80.9 Å². The number of hydrogen-bond acceptors (Lipinski definition) is 5. The van der Waals surface area contributed by atoms with Crippen molar-refractivity contribution in [3.63, 3.8) is 0 Å². The molecular weight excluding hydrogens is 287 g/mol. The van der Waals surface area contributed by atoms with E-state index < -0.39 is 11.7 Å². The summed E-state index contributed by atoms with van der Waals surface area (Å²) in [4.78, 5) is 15.9. The quantitative estimate of drug-likeness (QED) is 0.798. The molecule has 0 spiro atoms. The van der Waals surface area contributed by atoms with E-state index in [4.69, 9.17) is 4.42 Å². The van der Waals surface area contributed by atoms with Crippen molar-refractivity contribution in [1.82, 2.24) is 20.5 Å². The molecule has 110 valence electrons. The lowest BCUT2D eigenvalue weighted by atomic mass is 10.2. The van der Waals surface area contributed by atoms with Gasteiger partial charge in [-0.25, -0.2) is 4.39 Å². The van der Waals surface area contributed by atoms with Gasteiger partial charge in [-0.3, -0.25) is 9.78 Å². The van der Waals surface area contributed by atoms with Crippen LogP contribution in [0.25, 0.3) is 11.6 Å². The van der Waals surface area contributed by atoms with Crippen LogP contribution in [0, 0.1) is 5.82 Å². The average molecular weight is 298 g/mol. The summed E-state index contributed by atoms with van der Waals surface area (Å²) in [5, 5.41) is 10.2. The number of hydrogen-bond donors (Lipinski definition) is 1. The van der Waals surface area contributed by atoms with Crippen molar-refractivity contribution in [2.24, 2.45) is 0 Å². The third-order valence-corrected chi connectivity index (χ3v) is 2.87. The smallest absolute Gasteiger partial charge is 0.266 e. The Hall–Kier alpha value is -3.09. The molecule has 1 N–H and O–H groups in total. The number of carbonyl (C=O) groups is 1. The van der Waals surface area contributed by atoms with E-state index in [0.717, 1.165) is 0 Å². The molecule has 6 nitrogen and oxygen atoms in total. The summed E-state index contributed by atoms with van der Waals surface area (Å²) in [6, 6.07) is 11.0. The number of pyridine rings is 1. The molecule has 22 heavy (non-hydrogen) atoms. The van der Waals surface area contributed by atoms with Crippen LogP contribution in [0.15, 0.2) is 53.1 Å². The summed E-state index contributed by atoms with van der Waals surface area (Å²) in [7, 11) is 0. The van der Waals surface area contributed by atoms with Crippen molar-refractivity contribution in [3.05, 3.63) is 65.9 Å². The van der Waals surface area contributed by atoms with Crippen LogP contribution in [0.4, 0.5) is 4.39 Å². The second-order valence-electron chi connectivity index (χ2n) is 4.38. The average Bonchev–Trinajstić information content (AvgIpc) is 3.03. The van der Waals surface area contributed by atoms with Crippen molar-refractivity contribution < 1.29 is 13.6 Å². The SMILES string of the molecule is O=C(NCc1nnc(-c2ccccn2)o1)c1ccccc1F. The Morgan fingerprint density at radius 1 is 1.14 bits per heavy atom. The third-order valence-electron chi connectivity index (χ3n) is 2.87. The molecule has 0 bridgehead atoms. The fourth-order valence-electron chi connectivity index (χ4n) is 1.81. The minimum atomic E-state index is -0.584. The van der Waals surface area contributed by atoms with E-state index in [0.29, 0.717) is 5.69 Å². The highest BCUT2D eigenvalue weighted by atomic mass is 19.1. The number of rotatable bonds is 4. The van der Waals surface area contributed by atoms with E-state index in [9.17, 15) is 9.18 Å².